The molecule has 1 fully saturated rings. The van der Waals surface area contributed by atoms with Crippen LogP contribution in [0.15, 0.2) is 5.38 Å². The van der Waals surface area contributed by atoms with Crippen LogP contribution in [0.1, 0.15) is 31.5 Å². The molecule has 1 aromatic heterocycles. The van der Waals surface area contributed by atoms with Crippen LogP contribution in [-0.4, -0.2) is 35.3 Å². The summed E-state index contributed by atoms with van der Waals surface area (Å²) in [5.41, 5.74) is 5.93. The van der Waals surface area contributed by atoms with Gasteiger partial charge in [-0.05, 0) is 25.7 Å². The van der Waals surface area contributed by atoms with Gasteiger partial charge in [-0.1, -0.05) is 0 Å². The summed E-state index contributed by atoms with van der Waals surface area (Å²) < 4.78 is 5.34. The molecule has 0 saturated carbocycles. The van der Waals surface area contributed by atoms with Gasteiger partial charge in [0.25, 0.3) is 0 Å². The first kappa shape index (κ1) is 14.2. The standard InChI is InChI=1S/C12H19N3O3S/c1-7(8-2-4-18-5-3-8)14-12-15-9(6-19-12)10(13)11(16)17/h6-8,10H,2-5,13H2,1H3,(H,14,15)(H,16,17). The summed E-state index contributed by atoms with van der Waals surface area (Å²) in [5, 5.41) is 14.6. The van der Waals surface area contributed by atoms with Crippen molar-refractivity contribution in [3.63, 3.8) is 0 Å². The molecule has 0 bridgehead atoms. The molecule has 2 unspecified atom stereocenters. The van der Waals surface area contributed by atoms with Gasteiger partial charge in [-0.15, -0.1) is 11.3 Å². The summed E-state index contributed by atoms with van der Waals surface area (Å²) in [5.74, 6) is -0.497. The second kappa shape index (κ2) is 6.31. The monoisotopic (exact) mass is 285 g/mol. The van der Waals surface area contributed by atoms with E-state index in [1.807, 2.05) is 0 Å². The lowest BCUT2D eigenvalue weighted by Crippen LogP contribution is -2.31. The van der Waals surface area contributed by atoms with Gasteiger partial charge in [0.05, 0.1) is 5.69 Å². The fourth-order valence-electron chi connectivity index (χ4n) is 2.15. The second-order valence-corrected chi connectivity index (χ2v) is 5.63. The molecule has 0 aromatic carbocycles. The number of ether oxygens (including phenoxy) is 1. The molecular weight excluding hydrogens is 266 g/mol. The first-order chi connectivity index (χ1) is 9.08. The number of anilines is 1. The molecule has 4 N–H and O–H groups in total. The predicted octanol–water partition coefficient (Wildman–Crippen LogP) is 1.45. The maximum absolute atomic E-state index is 10.8. The van der Waals surface area contributed by atoms with E-state index in [2.05, 4.69) is 17.2 Å². The minimum Gasteiger partial charge on any atom is -0.480 e. The number of thiazole rings is 1. The average Bonchev–Trinajstić information content (AvgIpc) is 2.87. The maximum Gasteiger partial charge on any atom is 0.326 e. The largest absolute Gasteiger partial charge is 0.480 e. The number of nitrogens with two attached hydrogens (primary N) is 1. The molecule has 106 valence electrons. The van der Waals surface area contributed by atoms with Crippen molar-refractivity contribution >= 4 is 22.4 Å². The Kier molecular flexibility index (Phi) is 4.73. The topological polar surface area (TPSA) is 97.5 Å². The molecule has 1 aromatic rings. The van der Waals surface area contributed by atoms with Crippen molar-refractivity contribution in [2.45, 2.75) is 31.8 Å². The molecule has 0 spiro atoms. The molecule has 2 heterocycles. The van der Waals surface area contributed by atoms with Gasteiger partial charge < -0.3 is 20.9 Å². The fraction of sp³-hybridized carbons (Fsp3) is 0.667. The number of aromatic nitrogens is 1. The second-order valence-electron chi connectivity index (χ2n) is 4.78. The van der Waals surface area contributed by atoms with Crippen molar-refractivity contribution in [3.8, 4) is 0 Å². The van der Waals surface area contributed by atoms with E-state index >= 15 is 0 Å². The Bertz CT molecular complexity index is 432. The lowest BCUT2D eigenvalue weighted by Gasteiger charge is -2.28. The van der Waals surface area contributed by atoms with Crippen LogP contribution in [0.2, 0.25) is 0 Å². The number of hydrogen-bond acceptors (Lipinski definition) is 6. The third-order valence-electron chi connectivity index (χ3n) is 3.43. The number of carbonyl (C=O) groups is 1. The highest BCUT2D eigenvalue weighted by Gasteiger charge is 2.22. The fourth-order valence-corrected chi connectivity index (χ4v) is 2.99. The van der Waals surface area contributed by atoms with Gasteiger partial charge >= 0.3 is 5.97 Å². The van der Waals surface area contributed by atoms with E-state index in [0.29, 0.717) is 17.7 Å². The van der Waals surface area contributed by atoms with Gasteiger partial charge in [-0.3, -0.25) is 4.79 Å². The SMILES string of the molecule is CC(Nc1nc(C(N)C(=O)O)cs1)C1CCOCC1. The van der Waals surface area contributed by atoms with Crippen LogP contribution in [0.5, 0.6) is 0 Å². The van der Waals surface area contributed by atoms with E-state index < -0.39 is 12.0 Å². The Morgan fingerprint density at radius 1 is 1.63 bits per heavy atom. The van der Waals surface area contributed by atoms with Crippen LogP contribution in [0, 0.1) is 5.92 Å². The zero-order valence-electron chi connectivity index (χ0n) is 10.8. The zero-order chi connectivity index (χ0) is 13.8. The van der Waals surface area contributed by atoms with Crippen LogP contribution < -0.4 is 11.1 Å². The lowest BCUT2D eigenvalue weighted by molar-refractivity contribution is -0.138. The Hall–Kier alpha value is -1.18. The molecule has 2 atom stereocenters. The van der Waals surface area contributed by atoms with Gasteiger partial charge in [0.15, 0.2) is 5.13 Å². The third-order valence-corrected chi connectivity index (χ3v) is 4.22. The number of nitrogens with one attached hydrogen (secondary N) is 1. The summed E-state index contributed by atoms with van der Waals surface area (Å²) in [6.45, 7) is 3.74. The molecule has 1 aliphatic heterocycles. The first-order valence-corrected chi connectivity index (χ1v) is 7.24. The van der Waals surface area contributed by atoms with Crippen LogP contribution in [0.4, 0.5) is 5.13 Å². The summed E-state index contributed by atoms with van der Waals surface area (Å²) in [7, 11) is 0. The van der Waals surface area contributed by atoms with Crippen molar-refractivity contribution < 1.29 is 14.6 Å². The minimum absolute atomic E-state index is 0.295. The van der Waals surface area contributed by atoms with E-state index in [9.17, 15) is 4.79 Å². The molecule has 0 radical (unpaired) electrons. The van der Waals surface area contributed by atoms with Crippen molar-refractivity contribution in [3.05, 3.63) is 11.1 Å². The van der Waals surface area contributed by atoms with Crippen LogP contribution in [0.3, 0.4) is 0 Å². The van der Waals surface area contributed by atoms with E-state index in [1.54, 1.807) is 5.38 Å². The molecule has 1 aliphatic rings. The van der Waals surface area contributed by atoms with Gasteiger partial charge in [-0.2, -0.15) is 0 Å². The summed E-state index contributed by atoms with van der Waals surface area (Å²) in [4.78, 5) is 15.0. The molecule has 7 heteroatoms. The number of aliphatic carboxylic acids is 1. The van der Waals surface area contributed by atoms with E-state index in [4.69, 9.17) is 15.6 Å². The Morgan fingerprint density at radius 3 is 2.95 bits per heavy atom. The van der Waals surface area contributed by atoms with Crippen LogP contribution in [0.25, 0.3) is 0 Å². The summed E-state index contributed by atoms with van der Waals surface area (Å²) in [6, 6.07) is -0.755. The Labute approximate surface area is 116 Å². The molecular formula is C12H19N3O3S. The number of carboxylic acids is 1. The van der Waals surface area contributed by atoms with Crippen molar-refractivity contribution in [2.75, 3.05) is 18.5 Å². The van der Waals surface area contributed by atoms with E-state index in [1.165, 1.54) is 11.3 Å². The number of rotatable bonds is 5. The van der Waals surface area contributed by atoms with Crippen LogP contribution >= 0.6 is 11.3 Å². The molecule has 0 amide bonds. The van der Waals surface area contributed by atoms with Gasteiger partial charge in [0.1, 0.15) is 6.04 Å². The van der Waals surface area contributed by atoms with Crippen molar-refractivity contribution in [2.24, 2.45) is 11.7 Å². The summed E-state index contributed by atoms with van der Waals surface area (Å²) in [6.07, 6.45) is 2.09. The normalized spacial score (nSPS) is 19.9. The first-order valence-electron chi connectivity index (χ1n) is 6.36. The number of hydrogen-bond donors (Lipinski definition) is 3. The lowest BCUT2D eigenvalue weighted by atomic mass is 9.93. The highest BCUT2D eigenvalue weighted by Crippen LogP contribution is 2.25. The molecule has 19 heavy (non-hydrogen) atoms. The van der Waals surface area contributed by atoms with E-state index in [-0.39, 0.29) is 0 Å². The Balaban J connectivity index is 1.93. The van der Waals surface area contributed by atoms with Crippen LogP contribution in [-0.2, 0) is 9.53 Å². The van der Waals surface area contributed by atoms with Gasteiger partial charge in [-0.25, -0.2) is 4.98 Å². The van der Waals surface area contributed by atoms with Gasteiger partial charge in [0.2, 0.25) is 0 Å². The number of carboxylic acid groups (broad SMARTS) is 1. The highest BCUT2D eigenvalue weighted by molar-refractivity contribution is 7.13. The van der Waals surface area contributed by atoms with Crippen molar-refractivity contribution in [1.29, 1.82) is 0 Å². The average molecular weight is 285 g/mol. The smallest absolute Gasteiger partial charge is 0.326 e. The van der Waals surface area contributed by atoms with Gasteiger partial charge in [0, 0.05) is 24.6 Å². The Morgan fingerprint density at radius 2 is 2.32 bits per heavy atom. The molecule has 6 nitrogen and oxygen atoms in total. The molecule has 0 aliphatic carbocycles. The minimum atomic E-state index is -1.06. The van der Waals surface area contributed by atoms with E-state index in [0.717, 1.165) is 31.2 Å². The molecule has 1 saturated heterocycles. The summed E-state index contributed by atoms with van der Waals surface area (Å²) >= 11 is 1.39. The highest BCUT2D eigenvalue weighted by atomic mass is 32.1. The quantitative estimate of drug-likeness (QED) is 0.757. The maximum atomic E-state index is 10.8. The number of nitrogens with zero attached hydrogens (tertiary/aromatic N) is 1. The zero-order valence-corrected chi connectivity index (χ0v) is 11.7. The van der Waals surface area contributed by atoms with Crippen molar-refractivity contribution in [1.82, 2.24) is 4.98 Å². The predicted molar refractivity (Wildman–Crippen MR) is 73.3 cm³/mol. The molecule has 2 rings (SSSR count). The third kappa shape index (κ3) is 3.65.